The van der Waals surface area contributed by atoms with Crippen LogP contribution in [0.25, 0.3) is 0 Å². The van der Waals surface area contributed by atoms with E-state index < -0.39 is 0 Å². The van der Waals surface area contributed by atoms with Crippen LogP contribution in [0.4, 0.5) is 10.1 Å². The molecule has 0 aliphatic rings. The lowest BCUT2D eigenvalue weighted by atomic mass is 10.1. The summed E-state index contributed by atoms with van der Waals surface area (Å²) in [5.41, 5.74) is 8.84. The molecule has 1 heterocycles. The third kappa shape index (κ3) is 4.59. The van der Waals surface area contributed by atoms with Crippen molar-refractivity contribution in [2.75, 3.05) is 13.7 Å². The van der Waals surface area contributed by atoms with Crippen molar-refractivity contribution in [3.63, 3.8) is 0 Å². The van der Waals surface area contributed by atoms with E-state index in [1.54, 1.807) is 30.6 Å². The SMILES string of the molecule is COc1ccc(Cc2csc(=Nc3ccc(F)cc3)n2CCCN)cc1. The van der Waals surface area contributed by atoms with Crippen molar-refractivity contribution in [3.05, 3.63) is 75.8 Å². The van der Waals surface area contributed by atoms with E-state index in [4.69, 9.17) is 10.5 Å². The summed E-state index contributed by atoms with van der Waals surface area (Å²) in [6.07, 6.45) is 1.69. The topological polar surface area (TPSA) is 52.5 Å². The first-order valence-electron chi connectivity index (χ1n) is 8.50. The fraction of sp³-hybridized carbons (Fsp3) is 0.250. The van der Waals surface area contributed by atoms with Gasteiger partial charge >= 0.3 is 0 Å². The van der Waals surface area contributed by atoms with Crippen molar-refractivity contribution < 1.29 is 9.13 Å². The smallest absolute Gasteiger partial charge is 0.190 e. The lowest BCUT2D eigenvalue weighted by Gasteiger charge is -2.09. The number of rotatable bonds is 7. The number of ether oxygens (including phenoxy) is 1. The fourth-order valence-electron chi connectivity index (χ4n) is 2.66. The molecule has 6 heteroatoms. The van der Waals surface area contributed by atoms with E-state index in [1.165, 1.54) is 23.4 Å². The van der Waals surface area contributed by atoms with Crippen molar-refractivity contribution in [2.45, 2.75) is 19.4 Å². The van der Waals surface area contributed by atoms with Gasteiger partial charge in [-0.1, -0.05) is 12.1 Å². The third-order valence-corrected chi connectivity index (χ3v) is 4.97. The van der Waals surface area contributed by atoms with E-state index in [9.17, 15) is 4.39 Å². The van der Waals surface area contributed by atoms with Gasteiger partial charge in [0.15, 0.2) is 4.80 Å². The molecule has 0 aliphatic heterocycles. The van der Waals surface area contributed by atoms with Gasteiger partial charge in [0.2, 0.25) is 0 Å². The first-order valence-corrected chi connectivity index (χ1v) is 9.38. The van der Waals surface area contributed by atoms with Gasteiger partial charge in [0.1, 0.15) is 11.6 Å². The molecule has 0 unspecified atom stereocenters. The van der Waals surface area contributed by atoms with Gasteiger partial charge in [0.05, 0.1) is 12.8 Å². The zero-order valence-corrected chi connectivity index (χ0v) is 15.5. The molecule has 0 fully saturated rings. The summed E-state index contributed by atoms with van der Waals surface area (Å²) in [5, 5.41) is 2.13. The van der Waals surface area contributed by atoms with Crippen LogP contribution in [-0.4, -0.2) is 18.2 Å². The van der Waals surface area contributed by atoms with Crippen LogP contribution >= 0.6 is 11.3 Å². The van der Waals surface area contributed by atoms with Gasteiger partial charge in [-0.25, -0.2) is 9.38 Å². The standard InChI is InChI=1S/C20H22FN3OS/c1-25-19-9-3-15(4-10-19)13-18-14-26-20(24(18)12-2-11-22)23-17-7-5-16(21)6-8-17/h3-10,14H,2,11-13,22H2,1H3. The average Bonchev–Trinajstić information content (AvgIpc) is 3.03. The summed E-state index contributed by atoms with van der Waals surface area (Å²) in [5.74, 6) is 0.591. The predicted octanol–water partition coefficient (Wildman–Crippen LogP) is 3.87. The number of benzene rings is 2. The monoisotopic (exact) mass is 371 g/mol. The van der Waals surface area contributed by atoms with Crippen molar-refractivity contribution in [2.24, 2.45) is 10.7 Å². The van der Waals surface area contributed by atoms with Crippen LogP contribution in [0.1, 0.15) is 17.7 Å². The molecule has 0 bridgehead atoms. The van der Waals surface area contributed by atoms with Crippen molar-refractivity contribution in [3.8, 4) is 5.75 Å². The first-order chi connectivity index (χ1) is 12.7. The van der Waals surface area contributed by atoms with Crippen molar-refractivity contribution in [1.29, 1.82) is 0 Å². The summed E-state index contributed by atoms with van der Waals surface area (Å²) in [4.78, 5) is 5.58. The maximum Gasteiger partial charge on any atom is 0.190 e. The summed E-state index contributed by atoms with van der Waals surface area (Å²) in [7, 11) is 1.66. The Morgan fingerprint density at radius 2 is 1.85 bits per heavy atom. The van der Waals surface area contributed by atoms with Crippen molar-refractivity contribution >= 4 is 17.0 Å². The molecule has 0 radical (unpaired) electrons. The van der Waals surface area contributed by atoms with E-state index in [-0.39, 0.29) is 5.82 Å². The molecule has 1 aromatic heterocycles. The molecule has 0 aliphatic carbocycles. The Morgan fingerprint density at radius 1 is 1.12 bits per heavy atom. The van der Waals surface area contributed by atoms with Crippen LogP contribution in [0.5, 0.6) is 5.75 Å². The van der Waals surface area contributed by atoms with Gasteiger partial charge < -0.3 is 15.0 Å². The van der Waals surface area contributed by atoms with Gasteiger partial charge in [-0.3, -0.25) is 0 Å². The molecule has 2 N–H and O–H groups in total. The molecular weight excluding hydrogens is 349 g/mol. The van der Waals surface area contributed by atoms with Crippen LogP contribution in [0.15, 0.2) is 58.9 Å². The molecule has 0 atom stereocenters. The lowest BCUT2D eigenvalue weighted by molar-refractivity contribution is 0.414. The Balaban J connectivity index is 1.91. The molecule has 3 rings (SSSR count). The second-order valence-electron chi connectivity index (χ2n) is 5.92. The molecule has 0 amide bonds. The Morgan fingerprint density at radius 3 is 2.50 bits per heavy atom. The van der Waals surface area contributed by atoms with Gasteiger partial charge in [-0.05, 0) is 54.9 Å². The summed E-state index contributed by atoms with van der Waals surface area (Å²) in [6.45, 7) is 1.44. The molecule has 4 nitrogen and oxygen atoms in total. The van der Waals surface area contributed by atoms with E-state index in [0.717, 1.165) is 35.6 Å². The average molecular weight is 371 g/mol. The molecule has 3 aromatic rings. The van der Waals surface area contributed by atoms with E-state index in [0.29, 0.717) is 6.54 Å². The maximum atomic E-state index is 13.1. The van der Waals surface area contributed by atoms with Crippen molar-refractivity contribution in [1.82, 2.24) is 4.57 Å². The summed E-state index contributed by atoms with van der Waals surface area (Å²) < 4.78 is 20.5. The van der Waals surface area contributed by atoms with Gasteiger partial charge in [0, 0.05) is 24.0 Å². The largest absolute Gasteiger partial charge is 0.497 e. The number of nitrogens with two attached hydrogens (primary N) is 1. The second kappa shape index (κ2) is 8.78. The van der Waals surface area contributed by atoms with Crippen LogP contribution < -0.4 is 15.3 Å². The number of nitrogens with zero attached hydrogens (tertiary/aromatic N) is 2. The Bertz CT molecular complexity index is 898. The van der Waals surface area contributed by atoms with E-state index >= 15 is 0 Å². The molecule has 0 spiro atoms. The highest BCUT2D eigenvalue weighted by molar-refractivity contribution is 7.07. The molecule has 26 heavy (non-hydrogen) atoms. The van der Waals surface area contributed by atoms with Crippen LogP contribution in [0.3, 0.4) is 0 Å². The lowest BCUT2D eigenvalue weighted by Crippen LogP contribution is -2.19. The van der Waals surface area contributed by atoms with Crippen LogP contribution in [0.2, 0.25) is 0 Å². The zero-order chi connectivity index (χ0) is 18.4. The highest BCUT2D eigenvalue weighted by Crippen LogP contribution is 2.17. The third-order valence-electron chi connectivity index (χ3n) is 4.06. The molecule has 0 saturated carbocycles. The Hall–Kier alpha value is -2.44. The second-order valence-corrected chi connectivity index (χ2v) is 6.75. The first kappa shape index (κ1) is 18.4. The molecule has 0 saturated heterocycles. The predicted molar refractivity (Wildman–Crippen MR) is 103 cm³/mol. The van der Waals surface area contributed by atoms with E-state index in [1.807, 2.05) is 12.1 Å². The van der Waals surface area contributed by atoms with Gasteiger partial charge in [0.25, 0.3) is 0 Å². The quantitative estimate of drug-likeness (QED) is 0.685. The fourth-order valence-corrected chi connectivity index (χ4v) is 3.61. The zero-order valence-electron chi connectivity index (χ0n) is 14.7. The van der Waals surface area contributed by atoms with Crippen LogP contribution in [-0.2, 0) is 13.0 Å². The molecular formula is C20H22FN3OS. The number of hydrogen-bond donors (Lipinski definition) is 1. The minimum atomic E-state index is -0.258. The normalized spacial score (nSPS) is 11.7. The number of aromatic nitrogens is 1. The van der Waals surface area contributed by atoms with E-state index in [2.05, 4.69) is 27.1 Å². The highest BCUT2D eigenvalue weighted by Gasteiger charge is 2.07. The number of thiazole rings is 1. The highest BCUT2D eigenvalue weighted by atomic mass is 32.1. The Kier molecular flexibility index (Phi) is 6.20. The Labute approximate surface area is 156 Å². The van der Waals surface area contributed by atoms with Gasteiger partial charge in [-0.15, -0.1) is 11.3 Å². The summed E-state index contributed by atoms with van der Waals surface area (Å²) >= 11 is 1.59. The number of methoxy groups -OCH3 is 1. The minimum Gasteiger partial charge on any atom is -0.497 e. The maximum absolute atomic E-state index is 13.1. The molecule has 136 valence electrons. The number of hydrogen-bond acceptors (Lipinski definition) is 4. The minimum absolute atomic E-state index is 0.258. The van der Waals surface area contributed by atoms with Gasteiger partial charge in [-0.2, -0.15) is 0 Å². The molecule has 2 aromatic carbocycles. The number of halogens is 1. The summed E-state index contributed by atoms with van der Waals surface area (Å²) in [6, 6.07) is 14.3. The van der Waals surface area contributed by atoms with Crippen LogP contribution in [0, 0.1) is 5.82 Å².